The van der Waals surface area contributed by atoms with Gasteiger partial charge in [0.2, 0.25) is 5.91 Å². The molecule has 0 aliphatic carbocycles. The van der Waals surface area contributed by atoms with Crippen molar-refractivity contribution in [2.45, 2.75) is 25.4 Å². The Bertz CT molecular complexity index is 559. The predicted octanol–water partition coefficient (Wildman–Crippen LogP) is 1.68. The number of ether oxygens (including phenoxy) is 1. The minimum Gasteiger partial charge on any atom is -0.492 e. The van der Waals surface area contributed by atoms with E-state index in [1.807, 2.05) is 18.2 Å². The van der Waals surface area contributed by atoms with Gasteiger partial charge in [0.05, 0.1) is 11.5 Å². The first-order valence-electron chi connectivity index (χ1n) is 8.14. The van der Waals surface area contributed by atoms with Gasteiger partial charge in [0.1, 0.15) is 12.4 Å². The zero-order valence-electron chi connectivity index (χ0n) is 13.1. The molecule has 1 unspecified atom stereocenters. The van der Waals surface area contributed by atoms with Gasteiger partial charge < -0.3 is 15.2 Å². The monoisotopic (exact) mass is 338 g/mol. The number of halogens is 1. The highest BCUT2D eigenvalue weighted by Crippen LogP contribution is 2.38. The molecule has 1 spiro atoms. The van der Waals surface area contributed by atoms with E-state index in [4.69, 9.17) is 16.3 Å². The fourth-order valence-corrected chi connectivity index (χ4v) is 3.68. The summed E-state index contributed by atoms with van der Waals surface area (Å²) in [5, 5.41) is 13.3. The molecule has 0 saturated carbocycles. The second-order valence-electron chi connectivity index (χ2n) is 6.50. The number of hydrogen-bond acceptors (Lipinski definition) is 4. The quantitative estimate of drug-likeness (QED) is 0.877. The van der Waals surface area contributed by atoms with E-state index in [0.29, 0.717) is 24.6 Å². The van der Waals surface area contributed by atoms with E-state index in [1.54, 1.807) is 6.07 Å². The fourth-order valence-electron chi connectivity index (χ4n) is 3.50. The number of nitrogens with one attached hydrogen (secondary N) is 1. The highest BCUT2D eigenvalue weighted by Gasteiger charge is 2.45. The highest BCUT2D eigenvalue weighted by molar-refractivity contribution is 6.30. The maximum Gasteiger partial charge on any atom is 0.226 e. The average molecular weight is 339 g/mol. The van der Waals surface area contributed by atoms with Gasteiger partial charge in [-0.05, 0) is 50.6 Å². The number of nitrogens with zero attached hydrogens (tertiary/aromatic N) is 1. The van der Waals surface area contributed by atoms with Crippen LogP contribution in [0.5, 0.6) is 5.75 Å². The third-order valence-corrected chi connectivity index (χ3v) is 5.13. The van der Waals surface area contributed by atoms with E-state index in [1.165, 1.54) is 0 Å². The molecule has 3 rings (SSSR count). The summed E-state index contributed by atoms with van der Waals surface area (Å²) in [4.78, 5) is 14.5. The maximum atomic E-state index is 12.2. The number of piperidine rings is 2. The standard InChI is InChI=1S/C17H23ClN2O3/c18-13-2-1-3-15(10-13)23-9-8-20-6-4-17(5-7-20)11-14(21)12-19-16(17)22/h1-3,10,14,21H,4-9,11-12H2,(H,19,22). The second-order valence-corrected chi connectivity index (χ2v) is 6.93. The third-order valence-electron chi connectivity index (χ3n) is 4.89. The van der Waals surface area contributed by atoms with Crippen LogP contribution in [-0.2, 0) is 4.79 Å². The minimum absolute atomic E-state index is 0.109. The van der Waals surface area contributed by atoms with E-state index >= 15 is 0 Å². The summed E-state index contributed by atoms with van der Waals surface area (Å²) in [5.41, 5.74) is -0.373. The number of amides is 1. The molecule has 2 fully saturated rings. The molecular weight excluding hydrogens is 316 g/mol. The van der Waals surface area contributed by atoms with Crippen LogP contribution in [0.3, 0.4) is 0 Å². The Kier molecular flexibility index (Phi) is 5.09. The Morgan fingerprint density at radius 1 is 1.39 bits per heavy atom. The lowest BCUT2D eigenvalue weighted by Crippen LogP contribution is -2.56. The van der Waals surface area contributed by atoms with Gasteiger partial charge in [0.25, 0.3) is 0 Å². The van der Waals surface area contributed by atoms with Crippen LogP contribution >= 0.6 is 11.6 Å². The molecule has 1 amide bonds. The van der Waals surface area contributed by atoms with Gasteiger partial charge in [0, 0.05) is 18.1 Å². The summed E-state index contributed by atoms with van der Waals surface area (Å²) in [6.45, 7) is 3.53. The minimum atomic E-state index is -0.412. The fraction of sp³-hybridized carbons (Fsp3) is 0.588. The third kappa shape index (κ3) is 3.97. The smallest absolute Gasteiger partial charge is 0.226 e. The van der Waals surface area contributed by atoms with Crippen molar-refractivity contribution in [1.82, 2.24) is 10.2 Å². The molecular formula is C17H23ClN2O3. The number of aliphatic hydroxyl groups is 1. The average Bonchev–Trinajstić information content (AvgIpc) is 2.53. The number of hydrogen-bond donors (Lipinski definition) is 2. The van der Waals surface area contributed by atoms with Gasteiger partial charge >= 0.3 is 0 Å². The van der Waals surface area contributed by atoms with Crippen LogP contribution in [0.25, 0.3) is 0 Å². The topological polar surface area (TPSA) is 61.8 Å². The number of likely N-dealkylation sites (tertiary alicyclic amines) is 1. The van der Waals surface area contributed by atoms with Gasteiger partial charge in [0.15, 0.2) is 0 Å². The van der Waals surface area contributed by atoms with Crippen LogP contribution in [0, 0.1) is 5.41 Å². The molecule has 2 heterocycles. The van der Waals surface area contributed by atoms with Crippen molar-refractivity contribution >= 4 is 17.5 Å². The first-order chi connectivity index (χ1) is 11.1. The SMILES string of the molecule is O=C1NCC(O)CC12CCN(CCOc1cccc(Cl)c1)CC2. The largest absolute Gasteiger partial charge is 0.492 e. The summed E-state index contributed by atoms with van der Waals surface area (Å²) in [6, 6.07) is 7.39. The number of carbonyl (C=O) groups is 1. The first-order valence-corrected chi connectivity index (χ1v) is 8.52. The molecule has 2 N–H and O–H groups in total. The van der Waals surface area contributed by atoms with Crippen LogP contribution in [0.1, 0.15) is 19.3 Å². The molecule has 2 aliphatic rings. The lowest BCUT2D eigenvalue weighted by Gasteiger charge is -2.44. The zero-order chi connectivity index (χ0) is 16.3. The molecule has 6 heteroatoms. The van der Waals surface area contributed by atoms with Crippen molar-refractivity contribution < 1.29 is 14.6 Å². The summed E-state index contributed by atoms with van der Waals surface area (Å²) in [7, 11) is 0. The van der Waals surface area contributed by atoms with Gasteiger partial charge in [-0.15, -0.1) is 0 Å². The molecule has 2 aliphatic heterocycles. The molecule has 126 valence electrons. The molecule has 23 heavy (non-hydrogen) atoms. The van der Waals surface area contributed by atoms with E-state index in [9.17, 15) is 9.90 Å². The number of aliphatic hydroxyl groups excluding tert-OH is 1. The zero-order valence-corrected chi connectivity index (χ0v) is 13.9. The van der Waals surface area contributed by atoms with E-state index in [2.05, 4.69) is 10.2 Å². The van der Waals surface area contributed by atoms with Gasteiger partial charge in [-0.2, -0.15) is 0 Å². The Balaban J connectivity index is 1.45. The van der Waals surface area contributed by atoms with Gasteiger partial charge in [-0.25, -0.2) is 0 Å². The van der Waals surface area contributed by atoms with E-state index in [-0.39, 0.29) is 11.3 Å². The summed E-state index contributed by atoms with van der Waals surface area (Å²) >= 11 is 5.93. The van der Waals surface area contributed by atoms with E-state index < -0.39 is 6.10 Å². The highest BCUT2D eigenvalue weighted by atomic mass is 35.5. The maximum absolute atomic E-state index is 12.2. The second kappa shape index (κ2) is 7.07. The predicted molar refractivity (Wildman–Crippen MR) is 88.7 cm³/mol. The number of β-amino-alcohol motifs (C(OH)–C–C–N with tert-alkyl or cyclic N) is 1. The molecule has 5 nitrogen and oxygen atoms in total. The normalized spacial score (nSPS) is 24.4. The molecule has 1 atom stereocenters. The lowest BCUT2D eigenvalue weighted by molar-refractivity contribution is -0.140. The van der Waals surface area contributed by atoms with Crippen LogP contribution in [0.15, 0.2) is 24.3 Å². The number of rotatable bonds is 4. The lowest BCUT2D eigenvalue weighted by atomic mass is 9.71. The molecule has 1 aromatic rings. The Morgan fingerprint density at radius 2 is 2.17 bits per heavy atom. The van der Waals surface area contributed by atoms with Crippen molar-refractivity contribution in [2.24, 2.45) is 5.41 Å². The van der Waals surface area contributed by atoms with Gasteiger partial charge in [-0.3, -0.25) is 9.69 Å². The Hall–Kier alpha value is -1.30. The summed E-state index contributed by atoms with van der Waals surface area (Å²) < 4.78 is 5.72. The molecule has 0 radical (unpaired) electrons. The summed E-state index contributed by atoms with van der Waals surface area (Å²) in [6.07, 6.45) is 1.77. The number of benzene rings is 1. The molecule has 1 aromatic carbocycles. The molecule has 0 aromatic heterocycles. The Morgan fingerprint density at radius 3 is 2.91 bits per heavy atom. The van der Waals surface area contributed by atoms with Crippen LogP contribution in [0.2, 0.25) is 5.02 Å². The van der Waals surface area contributed by atoms with Crippen LogP contribution in [0.4, 0.5) is 0 Å². The Labute approximate surface area is 141 Å². The van der Waals surface area contributed by atoms with Crippen LogP contribution in [-0.4, -0.2) is 54.8 Å². The van der Waals surface area contributed by atoms with Crippen molar-refractivity contribution in [3.05, 3.63) is 29.3 Å². The molecule has 0 bridgehead atoms. The van der Waals surface area contributed by atoms with Crippen molar-refractivity contribution in [3.8, 4) is 5.75 Å². The van der Waals surface area contributed by atoms with E-state index in [0.717, 1.165) is 38.2 Å². The summed E-state index contributed by atoms with van der Waals surface area (Å²) in [5.74, 6) is 0.887. The first kappa shape index (κ1) is 16.6. The van der Waals surface area contributed by atoms with Gasteiger partial charge in [-0.1, -0.05) is 17.7 Å². The van der Waals surface area contributed by atoms with Crippen molar-refractivity contribution in [2.75, 3.05) is 32.8 Å². The van der Waals surface area contributed by atoms with Crippen molar-refractivity contribution in [1.29, 1.82) is 0 Å². The molecule has 2 saturated heterocycles. The van der Waals surface area contributed by atoms with Crippen molar-refractivity contribution in [3.63, 3.8) is 0 Å². The van der Waals surface area contributed by atoms with Crippen LogP contribution < -0.4 is 10.1 Å². The number of carbonyl (C=O) groups excluding carboxylic acids is 1.